The van der Waals surface area contributed by atoms with Gasteiger partial charge in [-0.25, -0.2) is 4.79 Å². The minimum atomic E-state index is -4.72. The Morgan fingerprint density at radius 2 is 2.12 bits per heavy atom. The first-order valence-corrected chi connectivity index (χ1v) is 4.24. The van der Waals surface area contributed by atoms with Crippen LogP contribution in [0.25, 0.3) is 5.57 Å². The molecular weight excluding hydrogens is 225 g/mol. The second-order valence-corrected chi connectivity index (χ2v) is 3.16. The summed E-state index contributed by atoms with van der Waals surface area (Å²) in [5, 5.41) is 12.0. The fourth-order valence-electron chi connectivity index (χ4n) is 1.20. The molecule has 0 saturated carbocycles. The standard InChI is InChI=1S/C9H9F3N2O2/c1-5-6(4-13-14(5)2)7(3-8(15)16)9(10,11)12/h3-4H,1-2H3,(H,15,16). The lowest BCUT2D eigenvalue weighted by Crippen LogP contribution is -2.13. The van der Waals surface area contributed by atoms with Crippen molar-refractivity contribution < 1.29 is 23.1 Å². The molecule has 0 fully saturated rings. The zero-order valence-corrected chi connectivity index (χ0v) is 8.54. The summed E-state index contributed by atoms with van der Waals surface area (Å²) in [7, 11) is 1.48. The molecule has 0 saturated heterocycles. The van der Waals surface area contributed by atoms with Gasteiger partial charge in [0.2, 0.25) is 0 Å². The van der Waals surface area contributed by atoms with Crippen molar-refractivity contribution in [3.63, 3.8) is 0 Å². The van der Waals surface area contributed by atoms with Crippen LogP contribution in [0.2, 0.25) is 0 Å². The fourth-order valence-corrected chi connectivity index (χ4v) is 1.20. The van der Waals surface area contributed by atoms with E-state index >= 15 is 0 Å². The number of aryl methyl sites for hydroxylation is 1. The highest BCUT2D eigenvalue weighted by Crippen LogP contribution is 2.34. The van der Waals surface area contributed by atoms with Crippen LogP contribution in [-0.2, 0) is 11.8 Å². The minimum Gasteiger partial charge on any atom is -0.478 e. The molecule has 0 atom stereocenters. The normalized spacial score (nSPS) is 12.9. The molecule has 16 heavy (non-hydrogen) atoms. The first-order valence-electron chi connectivity index (χ1n) is 4.24. The number of carboxylic acid groups (broad SMARTS) is 1. The lowest BCUT2D eigenvalue weighted by molar-refractivity contribution is -0.131. The van der Waals surface area contributed by atoms with Crippen molar-refractivity contribution in [2.75, 3.05) is 0 Å². The summed E-state index contributed by atoms with van der Waals surface area (Å²) in [6.07, 6.45) is -3.58. The Labute approximate surface area is 89.0 Å². The molecule has 4 nitrogen and oxygen atoms in total. The zero-order chi connectivity index (χ0) is 12.5. The molecule has 0 aliphatic rings. The van der Waals surface area contributed by atoms with Crippen LogP contribution >= 0.6 is 0 Å². The van der Waals surface area contributed by atoms with E-state index in [4.69, 9.17) is 5.11 Å². The Kier molecular flexibility index (Phi) is 3.06. The number of alkyl halides is 3. The number of aliphatic carboxylic acids is 1. The molecule has 1 aromatic heterocycles. The van der Waals surface area contributed by atoms with Crippen LogP contribution in [0.4, 0.5) is 13.2 Å². The number of nitrogens with zero attached hydrogens (tertiary/aromatic N) is 2. The predicted molar refractivity (Wildman–Crippen MR) is 49.6 cm³/mol. The van der Waals surface area contributed by atoms with Crippen LogP contribution < -0.4 is 0 Å². The van der Waals surface area contributed by atoms with Gasteiger partial charge in [-0.3, -0.25) is 4.68 Å². The summed E-state index contributed by atoms with van der Waals surface area (Å²) in [5.41, 5.74) is -1.17. The number of rotatable bonds is 2. The number of carboxylic acids is 1. The van der Waals surface area contributed by atoms with Crippen molar-refractivity contribution in [1.82, 2.24) is 9.78 Å². The molecule has 0 radical (unpaired) electrons. The average Bonchev–Trinajstić information content (AvgIpc) is 2.42. The van der Waals surface area contributed by atoms with E-state index < -0.39 is 17.7 Å². The van der Waals surface area contributed by atoms with Gasteiger partial charge in [0.1, 0.15) is 0 Å². The number of carbonyl (C=O) groups is 1. The van der Waals surface area contributed by atoms with Crippen molar-refractivity contribution in [3.8, 4) is 0 Å². The van der Waals surface area contributed by atoms with Crippen molar-refractivity contribution in [3.05, 3.63) is 23.5 Å². The van der Waals surface area contributed by atoms with Gasteiger partial charge >= 0.3 is 12.1 Å². The first-order chi connectivity index (χ1) is 7.23. The van der Waals surface area contributed by atoms with E-state index in [1.165, 1.54) is 18.7 Å². The maximum atomic E-state index is 12.6. The summed E-state index contributed by atoms with van der Waals surface area (Å²) < 4.78 is 39.0. The fraction of sp³-hybridized carbons (Fsp3) is 0.333. The largest absolute Gasteiger partial charge is 0.478 e. The van der Waals surface area contributed by atoms with Gasteiger partial charge in [-0.05, 0) is 6.92 Å². The van der Waals surface area contributed by atoms with Crippen LogP contribution in [0.15, 0.2) is 12.3 Å². The van der Waals surface area contributed by atoms with Gasteiger partial charge in [-0.15, -0.1) is 0 Å². The molecule has 7 heteroatoms. The van der Waals surface area contributed by atoms with E-state index in [-0.39, 0.29) is 17.3 Å². The predicted octanol–water partition coefficient (Wildman–Crippen LogP) is 1.76. The lowest BCUT2D eigenvalue weighted by atomic mass is 10.1. The zero-order valence-electron chi connectivity index (χ0n) is 8.54. The van der Waals surface area contributed by atoms with Crippen molar-refractivity contribution in [1.29, 1.82) is 0 Å². The third-order valence-corrected chi connectivity index (χ3v) is 2.10. The molecule has 1 rings (SSSR count). The first kappa shape index (κ1) is 12.3. The van der Waals surface area contributed by atoms with Crippen LogP contribution in [-0.4, -0.2) is 27.0 Å². The number of aromatic nitrogens is 2. The molecule has 0 aliphatic carbocycles. The lowest BCUT2D eigenvalue weighted by Gasteiger charge is -2.10. The van der Waals surface area contributed by atoms with Gasteiger partial charge < -0.3 is 5.11 Å². The SMILES string of the molecule is Cc1c(C(=CC(=O)O)C(F)(F)F)cnn1C. The minimum absolute atomic E-state index is 0.143. The molecule has 0 amide bonds. The van der Waals surface area contributed by atoms with E-state index in [0.29, 0.717) is 0 Å². The Bertz CT molecular complexity index is 446. The third-order valence-electron chi connectivity index (χ3n) is 2.10. The second kappa shape index (κ2) is 3.99. The topological polar surface area (TPSA) is 55.1 Å². The van der Waals surface area contributed by atoms with Crippen LogP contribution in [0.1, 0.15) is 11.3 Å². The van der Waals surface area contributed by atoms with E-state index in [1.807, 2.05) is 0 Å². The molecule has 0 unspecified atom stereocenters. The van der Waals surface area contributed by atoms with E-state index in [2.05, 4.69) is 5.10 Å². The monoisotopic (exact) mass is 234 g/mol. The highest BCUT2D eigenvalue weighted by atomic mass is 19.4. The van der Waals surface area contributed by atoms with E-state index in [1.54, 1.807) is 0 Å². The van der Waals surface area contributed by atoms with E-state index in [0.717, 1.165) is 6.20 Å². The van der Waals surface area contributed by atoms with Crippen molar-refractivity contribution in [2.24, 2.45) is 7.05 Å². The highest BCUT2D eigenvalue weighted by Gasteiger charge is 2.37. The molecule has 1 heterocycles. The molecule has 0 spiro atoms. The smallest absolute Gasteiger partial charge is 0.417 e. The summed E-state index contributed by atoms with van der Waals surface area (Å²) in [4.78, 5) is 10.3. The molecule has 1 N–H and O–H groups in total. The number of hydrogen-bond acceptors (Lipinski definition) is 2. The Morgan fingerprint density at radius 1 is 1.56 bits per heavy atom. The summed E-state index contributed by atoms with van der Waals surface area (Å²) in [6, 6.07) is 0. The van der Waals surface area contributed by atoms with Gasteiger partial charge in [-0.1, -0.05) is 0 Å². The number of halogens is 3. The van der Waals surface area contributed by atoms with Gasteiger partial charge in [0.15, 0.2) is 0 Å². The third kappa shape index (κ3) is 2.41. The Balaban J connectivity index is 3.34. The summed E-state index contributed by atoms with van der Waals surface area (Å²) in [5.74, 6) is -1.64. The molecule has 88 valence electrons. The van der Waals surface area contributed by atoms with Crippen molar-refractivity contribution >= 4 is 11.5 Å². The van der Waals surface area contributed by atoms with Crippen molar-refractivity contribution in [2.45, 2.75) is 13.1 Å². The number of hydrogen-bond donors (Lipinski definition) is 1. The Hall–Kier alpha value is -1.79. The summed E-state index contributed by atoms with van der Waals surface area (Å²) >= 11 is 0. The average molecular weight is 234 g/mol. The quantitative estimate of drug-likeness (QED) is 0.793. The van der Waals surface area contributed by atoms with Gasteiger partial charge in [0.25, 0.3) is 0 Å². The maximum absolute atomic E-state index is 12.6. The Morgan fingerprint density at radius 3 is 2.44 bits per heavy atom. The molecule has 0 aromatic carbocycles. The number of allylic oxidation sites excluding steroid dienone is 1. The molecule has 1 aromatic rings. The second-order valence-electron chi connectivity index (χ2n) is 3.16. The van der Waals surface area contributed by atoms with Crippen LogP contribution in [0, 0.1) is 6.92 Å². The maximum Gasteiger partial charge on any atom is 0.417 e. The van der Waals surface area contributed by atoms with Crippen LogP contribution in [0.3, 0.4) is 0 Å². The van der Waals surface area contributed by atoms with Gasteiger partial charge in [0, 0.05) is 24.4 Å². The van der Waals surface area contributed by atoms with Gasteiger partial charge in [0.05, 0.1) is 11.8 Å². The summed E-state index contributed by atoms with van der Waals surface area (Å²) in [6.45, 7) is 1.43. The highest BCUT2D eigenvalue weighted by molar-refractivity contribution is 5.91. The molecule has 0 aliphatic heterocycles. The molecule has 0 bridgehead atoms. The molecular formula is C9H9F3N2O2. The van der Waals surface area contributed by atoms with Gasteiger partial charge in [-0.2, -0.15) is 18.3 Å². The van der Waals surface area contributed by atoms with Crippen LogP contribution in [0.5, 0.6) is 0 Å². The van der Waals surface area contributed by atoms with E-state index in [9.17, 15) is 18.0 Å².